The van der Waals surface area contributed by atoms with Gasteiger partial charge in [-0.05, 0) is 24.7 Å². The molecule has 0 unspecified atom stereocenters. The molecule has 4 nitrogen and oxygen atoms in total. The molecule has 0 saturated heterocycles. The molecule has 0 bridgehead atoms. The normalized spacial score (nSPS) is 10.1. The summed E-state index contributed by atoms with van der Waals surface area (Å²) in [5.41, 5.74) is 0.947. The van der Waals surface area contributed by atoms with Crippen LogP contribution in [0, 0.1) is 0 Å². The number of likely N-dealkylation sites (N-methyl/N-ethyl adjacent to an activating group) is 1. The lowest BCUT2D eigenvalue weighted by Crippen LogP contribution is -2.25. The second-order valence-corrected chi connectivity index (χ2v) is 3.93. The van der Waals surface area contributed by atoms with E-state index in [2.05, 4.69) is 10.6 Å². The van der Waals surface area contributed by atoms with Gasteiger partial charge in [0, 0.05) is 24.2 Å². The van der Waals surface area contributed by atoms with Gasteiger partial charge in [0.15, 0.2) is 6.61 Å². The molecular weight excluding hydrogens is 240 g/mol. The number of amides is 1. The van der Waals surface area contributed by atoms with Crippen molar-refractivity contribution in [2.75, 3.05) is 20.2 Å². The van der Waals surface area contributed by atoms with Crippen molar-refractivity contribution in [1.82, 2.24) is 10.6 Å². The fourth-order valence-electron chi connectivity index (χ4n) is 1.30. The largest absolute Gasteiger partial charge is 0.483 e. The van der Waals surface area contributed by atoms with Gasteiger partial charge in [0.05, 0.1) is 0 Å². The van der Waals surface area contributed by atoms with Crippen LogP contribution in [0.15, 0.2) is 18.2 Å². The van der Waals surface area contributed by atoms with Gasteiger partial charge in [0.25, 0.3) is 5.91 Å². The van der Waals surface area contributed by atoms with Crippen molar-refractivity contribution in [2.45, 2.75) is 13.5 Å². The van der Waals surface area contributed by atoms with Gasteiger partial charge < -0.3 is 15.4 Å². The van der Waals surface area contributed by atoms with Gasteiger partial charge in [-0.25, -0.2) is 0 Å². The van der Waals surface area contributed by atoms with E-state index >= 15 is 0 Å². The van der Waals surface area contributed by atoms with Crippen LogP contribution < -0.4 is 15.4 Å². The van der Waals surface area contributed by atoms with Gasteiger partial charge in [-0.3, -0.25) is 4.79 Å². The molecule has 0 atom stereocenters. The molecule has 0 fully saturated rings. The fraction of sp³-hybridized carbons (Fsp3) is 0.417. The Kier molecular flexibility index (Phi) is 5.80. The van der Waals surface area contributed by atoms with Crippen molar-refractivity contribution in [1.29, 1.82) is 0 Å². The third-order valence-corrected chi connectivity index (χ3v) is 2.46. The average Bonchev–Trinajstić information content (AvgIpc) is 2.34. The quantitative estimate of drug-likeness (QED) is 0.813. The summed E-state index contributed by atoms with van der Waals surface area (Å²) in [4.78, 5) is 11.1. The number of carbonyl (C=O) groups is 1. The molecule has 1 aromatic carbocycles. The second-order valence-electron chi connectivity index (χ2n) is 3.49. The fourth-order valence-corrected chi connectivity index (χ4v) is 1.50. The van der Waals surface area contributed by atoms with Gasteiger partial charge in [-0.2, -0.15) is 0 Å². The maximum absolute atomic E-state index is 11.1. The Balaban J connectivity index is 2.71. The number of carbonyl (C=O) groups excluding carboxylic acids is 1. The smallest absolute Gasteiger partial charge is 0.257 e. The van der Waals surface area contributed by atoms with Crippen molar-refractivity contribution in [3.63, 3.8) is 0 Å². The Hall–Kier alpha value is -1.26. The van der Waals surface area contributed by atoms with Crippen molar-refractivity contribution in [2.24, 2.45) is 0 Å². The van der Waals surface area contributed by atoms with Crippen molar-refractivity contribution in [3.8, 4) is 5.75 Å². The van der Waals surface area contributed by atoms with E-state index in [9.17, 15) is 4.79 Å². The number of ether oxygens (including phenoxy) is 1. The lowest BCUT2D eigenvalue weighted by Gasteiger charge is -2.11. The monoisotopic (exact) mass is 256 g/mol. The Morgan fingerprint density at radius 1 is 1.47 bits per heavy atom. The van der Waals surface area contributed by atoms with E-state index in [1.165, 1.54) is 0 Å². The van der Waals surface area contributed by atoms with Crippen molar-refractivity contribution >= 4 is 17.5 Å². The number of benzene rings is 1. The molecule has 2 N–H and O–H groups in total. The summed E-state index contributed by atoms with van der Waals surface area (Å²) in [6.45, 7) is 3.56. The summed E-state index contributed by atoms with van der Waals surface area (Å²) in [7, 11) is 1.58. The highest BCUT2D eigenvalue weighted by Crippen LogP contribution is 2.22. The van der Waals surface area contributed by atoms with E-state index in [-0.39, 0.29) is 12.5 Å². The molecular formula is C12H17ClN2O2. The highest BCUT2D eigenvalue weighted by Gasteiger charge is 2.06. The Morgan fingerprint density at radius 3 is 2.88 bits per heavy atom. The number of hydrogen-bond donors (Lipinski definition) is 2. The minimum Gasteiger partial charge on any atom is -0.483 e. The van der Waals surface area contributed by atoms with E-state index in [1.54, 1.807) is 19.2 Å². The van der Waals surface area contributed by atoms with E-state index in [0.29, 0.717) is 17.3 Å². The number of halogens is 1. The molecule has 5 heteroatoms. The third kappa shape index (κ3) is 4.63. The lowest BCUT2D eigenvalue weighted by molar-refractivity contribution is -0.122. The minimum absolute atomic E-state index is 0.0112. The Morgan fingerprint density at radius 2 is 2.24 bits per heavy atom. The highest BCUT2D eigenvalue weighted by atomic mass is 35.5. The molecule has 1 amide bonds. The van der Waals surface area contributed by atoms with Crippen molar-refractivity contribution < 1.29 is 9.53 Å². The van der Waals surface area contributed by atoms with Gasteiger partial charge in [0.1, 0.15) is 5.75 Å². The second kappa shape index (κ2) is 7.14. The standard InChI is InChI=1S/C12H17ClN2O2/c1-3-15-7-9-6-10(13)4-5-11(9)17-8-12(16)14-2/h4-6,15H,3,7-8H2,1-2H3,(H,14,16). The molecule has 1 aromatic rings. The molecule has 0 aromatic heterocycles. The first-order valence-corrected chi connectivity index (χ1v) is 5.87. The maximum atomic E-state index is 11.1. The Bertz CT molecular complexity index is 383. The molecule has 94 valence electrons. The lowest BCUT2D eigenvalue weighted by atomic mass is 10.2. The maximum Gasteiger partial charge on any atom is 0.257 e. The van der Waals surface area contributed by atoms with Crippen LogP contribution in [0.25, 0.3) is 0 Å². The van der Waals surface area contributed by atoms with Crippen molar-refractivity contribution in [3.05, 3.63) is 28.8 Å². The van der Waals surface area contributed by atoms with Crippen LogP contribution in [-0.2, 0) is 11.3 Å². The zero-order valence-corrected chi connectivity index (χ0v) is 10.8. The number of rotatable bonds is 6. The predicted octanol–water partition coefficient (Wildman–Crippen LogP) is 1.57. The van der Waals surface area contributed by atoms with Crippen LogP contribution >= 0.6 is 11.6 Å². The molecule has 0 saturated carbocycles. The zero-order valence-electron chi connectivity index (χ0n) is 10.0. The summed E-state index contributed by atoms with van der Waals surface area (Å²) in [6.07, 6.45) is 0. The third-order valence-electron chi connectivity index (χ3n) is 2.23. The van der Waals surface area contributed by atoms with E-state index in [4.69, 9.17) is 16.3 Å². The van der Waals surface area contributed by atoms with Gasteiger partial charge in [-0.15, -0.1) is 0 Å². The van der Waals surface area contributed by atoms with Crippen LogP contribution in [0.3, 0.4) is 0 Å². The summed E-state index contributed by atoms with van der Waals surface area (Å²) in [5.74, 6) is 0.522. The molecule has 0 spiro atoms. The molecule has 17 heavy (non-hydrogen) atoms. The van der Waals surface area contributed by atoms with Gasteiger partial charge >= 0.3 is 0 Å². The molecule has 0 aliphatic heterocycles. The molecule has 0 aliphatic rings. The summed E-state index contributed by atoms with van der Waals surface area (Å²) >= 11 is 5.92. The minimum atomic E-state index is -0.158. The van der Waals surface area contributed by atoms with Gasteiger partial charge in [-0.1, -0.05) is 18.5 Å². The van der Waals surface area contributed by atoms with Crippen LogP contribution in [0.1, 0.15) is 12.5 Å². The molecule has 0 radical (unpaired) electrons. The summed E-state index contributed by atoms with van der Waals surface area (Å²) in [6, 6.07) is 5.36. The van der Waals surface area contributed by atoms with E-state index in [1.807, 2.05) is 13.0 Å². The molecule has 1 rings (SSSR count). The average molecular weight is 257 g/mol. The first-order chi connectivity index (χ1) is 8.17. The number of nitrogens with one attached hydrogen (secondary N) is 2. The first-order valence-electron chi connectivity index (χ1n) is 5.50. The topological polar surface area (TPSA) is 50.4 Å². The summed E-state index contributed by atoms with van der Waals surface area (Å²) in [5, 5.41) is 6.36. The van der Waals surface area contributed by atoms with Gasteiger partial charge in [0.2, 0.25) is 0 Å². The first kappa shape index (κ1) is 13.8. The van der Waals surface area contributed by atoms with Crippen LogP contribution in [0.4, 0.5) is 0 Å². The summed E-state index contributed by atoms with van der Waals surface area (Å²) < 4.78 is 5.43. The SMILES string of the molecule is CCNCc1cc(Cl)ccc1OCC(=O)NC. The number of hydrogen-bond acceptors (Lipinski definition) is 3. The van der Waals surface area contributed by atoms with Crippen LogP contribution in [-0.4, -0.2) is 26.1 Å². The van der Waals surface area contributed by atoms with E-state index in [0.717, 1.165) is 12.1 Å². The molecule has 0 aliphatic carbocycles. The van der Waals surface area contributed by atoms with Crippen LogP contribution in [0.5, 0.6) is 5.75 Å². The van der Waals surface area contributed by atoms with Crippen LogP contribution in [0.2, 0.25) is 5.02 Å². The van der Waals surface area contributed by atoms with E-state index < -0.39 is 0 Å². The Labute approximate surface area is 106 Å². The predicted molar refractivity (Wildman–Crippen MR) is 68.4 cm³/mol. The highest BCUT2D eigenvalue weighted by molar-refractivity contribution is 6.30. The zero-order chi connectivity index (χ0) is 12.7. The molecule has 0 heterocycles.